The number of anilines is 2. The Bertz CT molecular complexity index is 711. The molecule has 0 bridgehead atoms. The van der Waals surface area contributed by atoms with Crippen molar-refractivity contribution in [3.8, 4) is 0 Å². The summed E-state index contributed by atoms with van der Waals surface area (Å²) in [7, 11) is 1.77. The van der Waals surface area contributed by atoms with E-state index >= 15 is 0 Å². The molecule has 1 fully saturated rings. The lowest BCUT2D eigenvalue weighted by Gasteiger charge is -2.14. The summed E-state index contributed by atoms with van der Waals surface area (Å²) in [6, 6.07) is 5.53. The van der Waals surface area contributed by atoms with Gasteiger partial charge in [-0.3, -0.25) is 14.3 Å². The highest BCUT2D eigenvalue weighted by Gasteiger charge is 2.35. The zero-order valence-corrected chi connectivity index (χ0v) is 12.0. The predicted octanol–water partition coefficient (Wildman–Crippen LogP) is 1.55. The molecule has 0 radical (unpaired) electrons. The third-order valence-electron chi connectivity index (χ3n) is 3.61. The van der Waals surface area contributed by atoms with Crippen LogP contribution in [-0.4, -0.2) is 28.1 Å². The number of hydrogen-bond donors (Lipinski definition) is 1. The van der Waals surface area contributed by atoms with Crippen LogP contribution in [0.25, 0.3) is 0 Å². The zero-order valence-electron chi connectivity index (χ0n) is 12.0. The molecule has 22 heavy (non-hydrogen) atoms. The van der Waals surface area contributed by atoms with E-state index in [-0.39, 0.29) is 24.1 Å². The van der Waals surface area contributed by atoms with Crippen LogP contribution in [0.4, 0.5) is 15.8 Å². The summed E-state index contributed by atoms with van der Waals surface area (Å²) in [6.07, 6.45) is 3.48. The van der Waals surface area contributed by atoms with Crippen LogP contribution in [0.5, 0.6) is 0 Å². The summed E-state index contributed by atoms with van der Waals surface area (Å²) < 4.78 is 14.5. The third kappa shape index (κ3) is 2.83. The number of carbonyl (C=O) groups excluding carboxylic acids is 2. The van der Waals surface area contributed by atoms with Crippen LogP contribution in [0.1, 0.15) is 6.42 Å². The van der Waals surface area contributed by atoms with Crippen LogP contribution in [0.3, 0.4) is 0 Å². The number of aryl methyl sites for hydroxylation is 1. The summed E-state index contributed by atoms with van der Waals surface area (Å²) in [4.78, 5) is 25.8. The smallest absolute Gasteiger partial charge is 0.229 e. The van der Waals surface area contributed by atoms with Crippen LogP contribution < -0.4 is 10.2 Å². The fourth-order valence-electron chi connectivity index (χ4n) is 2.46. The normalized spacial score (nSPS) is 17.8. The maximum atomic E-state index is 12.8. The number of aromatic nitrogens is 2. The Morgan fingerprint density at radius 3 is 2.73 bits per heavy atom. The van der Waals surface area contributed by atoms with Crippen molar-refractivity contribution >= 4 is 23.2 Å². The minimum atomic E-state index is -0.433. The Balaban J connectivity index is 1.67. The maximum absolute atomic E-state index is 12.8. The van der Waals surface area contributed by atoms with Crippen molar-refractivity contribution in [3.05, 3.63) is 42.5 Å². The van der Waals surface area contributed by atoms with E-state index in [0.29, 0.717) is 17.9 Å². The Morgan fingerprint density at radius 1 is 1.36 bits per heavy atom. The van der Waals surface area contributed by atoms with Crippen LogP contribution in [0.2, 0.25) is 0 Å². The quantitative estimate of drug-likeness (QED) is 0.935. The first-order chi connectivity index (χ1) is 10.5. The maximum Gasteiger partial charge on any atom is 0.229 e. The molecule has 114 valence electrons. The Labute approximate surface area is 126 Å². The van der Waals surface area contributed by atoms with E-state index in [1.54, 1.807) is 29.0 Å². The van der Waals surface area contributed by atoms with Gasteiger partial charge in [-0.05, 0) is 24.3 Å². The van der Waals surface area contributed by atoms with Crippen molar-refractivity contribution < 1.29 is 14.0 Å². The van der Waals surface area contributed by atoms with Gasteiger partial charge in [0.2, 0.25) is 11.8 Å². The second kappa shape index (κ2) is 5.59. The molecule has 1 aliphatic rings. The van der Waals surface area contributed by atoms with E-state index < -0.39 is 5.92 Å². The number of hydrogen-bond acceptors (Lipinski definition) is 3. The van der Waals surface area contributed by atoms with Crippen LogP contribution in [0, 0.1) is 11.7 Å². The topological polar surface area (TPSA) is 67.2 Å². The van der Waals surface area contributed by atoms with Gasteiger partial charge in [0.25, 0.3) is 0 Å². The highest BCUT2D eigenvalue weighted by molar-refractivity contribution is 6.03. The minimum Gasteiger partial charge on any atom is -0.326 e. The van der Waals surface area contributed by atoms with Crippen LogP contribution in [0.15, 0.2) is 36.7 Å². The van der Waals surface area contributed by atoms with Gasteiger partial charge in [0.05, 0.1) is 17.8 Å². The van der Waals surface area contributed by atoms with E-state index in [0.717, 1.165) is 0 Å². The van der Waals surface area contributed by atoms with Gasteiger partial charge in [-0.15, -0.1) is 0 Å². The molecule has 1 unspecified atom stereocenters. The van der Waals surface area contributed by atoms with E-state index in [1.165, 1.54) is 24.3 Å². The molecule has 2 aromatic rings. The van der Waals surface area contributed by atoms with E-state index in [9.17, 15) is 14.0 Å². The summed E-state index contributed by atoms with van der Waals surface area (Å²) in [5.74, 6) is -1.15. The van der Waals surface area contributed by atoms with Gasteiger partial charge in [-0.1, -0.05) is 0 Å². The summed E-state index contributed by atoms with van der Waals surface area (Å²) >= 11 is 0. The average molecular weight is 302 g/mol. The van der Waals surface area contributed by atoms with Crippen molar-refractivity contribution in [2.75, 3.05) is 16.8 Å². The molecule has 1 aromatic carbocycles. The second-order valence-electron chi connectivity index (χ2n) is 5.27. The van der Waals surface area contributed by atoms with Gasteiger partial charge in [0, 0.05) is 31.9 Å². The lowest BCUT2D eigenvalue weighted by molar-refractivity contribution is -0.122. The van der Waals surface area contributed by atoms with Crippen molar-refractivity contribution in [3.63, 3.8) is 0 Å². The number of nitrogens with one attached hydrogen (secondary N) is 1. The SMILES string of the molecule is Cn1cc(N2CC(C(=O)Nc3ccc(F)cc3)CC2=O)cn1. The molecular formula is C15H15FN4O2. The number of amides is 2. The fourth-order valence-corrected chi connectivity index (χ4v) is 2.46. The number of rotatable bonds is 3. The summed E-state index contributed by atoms with van der Waals surface area (Å²) in [5.41, 5.74) is 1.20. The molecule has 2 amide bonds. The minimum absolute atomic E-state index is 0.104. The largest absolute Gasteiger partial charge is 0.326 e. The van der Waals surface area contributed by atoms with Crippen molar-refractivity contribution in [2.24, 2.45) is 13.0 Å². The summed E-state index contributed by atoms with van der Waals surface area (Å²) in [5, 5.41) is 6.73. The van der Waals surface area contributed by atoms with E-state index in [4.69, 9.17) is 0 Å². The van der Waals surface area contributed by atoms with Gasteiger partial charge in [0.15, 0.2) is 0 Å². The fraction of sp³-hybridized carbons (Fsp3) is 0.267. The Kier molecular flexibility index (Phi) is 3.62. The Hall–Kier alpha value is -2.70. The molecule has 0 spiro atoms. The van der Waals surface area contributed by atoms with E-state index in [2.05, 4.69) is 10.4 Å². The molecule has 1 aliphatic heterocycles. The number of nitrogens with zero attached hydrogens (tertiary/aromatic N) is 3. The van der Waals surface area contributed by atoms with E-state index in [1.807, 2.05) is 0 Å². The van der Waals surface area contributed by atoms with Crippen LogP contribution in [-0.2, 0) is 16.6 Å². The zero-order chi connectivity index (χ0) is 15.7. The van der Waals surface area contributed by atoms with Crippen molar-refractivity contribution in [1.29, 1.82) is 0 Å². The monoisotopic (exact) mass is 302 g/mol. The molecule has 0 saturated carbocycles. The first-order valence-corrected chi connectivity index (χ1v) is 6.88. The van der Waals surface area contributed by atoms with Crippen LogP contribution >= 0.6 is 0 Å². The Morgan fingerprint density at radius 2 is 2.09 bits per heavy atom. The second-order valence-corrected chi connectivity index (χ2v) is 5.27. The van der Waals surface area contributed by atoms with Gasteiger partial charge >= 0.3 is 0 Å². The molecular weight excluding hydrogens is 287 g/mol. The van der Waals surface area contributed by atoms with Crippen molar-refractivity contribution in [1.82, 2.24) is 9.78 Å². The third-order valence-corrected chi connectivity index (χ3v) is 3.61. The molecule has 3 rings (SSSR count). The lowest BCUT2D eigenvalue weighted by atomic mass is 10.1. The highest BCUT2D eigenvalue weighted by atomic mass is 19.1. The van der Waals surface area contributed by atoms with Gasteiger partial charge < -0.3 is 10.2 Å². The first-order valence-electron chi connectivity index (χ1n) is 6.88. The van der Waals surface area contributed by atoms with Gasteiger partial charge in [-0.2, -0.15) is 5.10 Å². The molecule has 1 atom stereocenters. The average Bonchev–Trinajstić information content (AvgIpc) is 3.07. The molecule has 0 aliphatic carbocycles. The number of halogens is 1. The lowest BCUT2D eigenvalue weighted by Crippen LogP contribution is -2.27. The summed E-state index contributed by atoms with van der Waals surface area (Å²) in [6.45, 7) is 0.317. The molecule has 1 saturated heterocycles. The molecule has 2 heterocycles. The first kappa shape index (κ1) is 14.2. The number of carbonyl (C=O) groups is 2. The molecule has 1 N–H and O–H groups in total. The molecule has 1 aromatic heterocycles. The molecule has 6 nitrogen and oxygen atoms in total. The molecule has 7 heteroatoms. The number of benzene rings is 1. The highest BCUT2D eigenvalue weighted by Crippen LogP contribution is 2.25. The standard InChI is InChI=1S/C15H15FN4O2/c1-19-9-13(7-17-19)20-8-10(6-14(20)21)15(22)18-12-4-2-11(16)3-5-12/h2-5,7,9-10H,6,8H2,1H3,(H,18,22). The van der Waals surface area contributed by atoms with Crippen molar-refractivity contribution in [2.45, 2.75) is 6.42 Å². The van der Waals surface area contributed by atoms with Gasteiger partial charge in [0.1, 0.15) is 5.82 Å². The predicted molar refractivity (Wildman–Crippen MR) is 78.7 cm³/mol. The van der Waals surface area contributed by atoms with Gasteiger partial charge in [-0.25, -0.2) is 4.39 Å².